The van der Waals surface area contributed by atoms with Crippen LogP contribution in [0, 0.1) is 24.7 Å². The standard InChI is InChI=1S/C36H44N2O4/c1-8-15-38-26-17-35(4,5)19-28(39)33(26)32(34-27(38)18-36(6,7)20-29(34)40)25-11-9-10-12-30(25)42-21-31(41)37-24-14-13-22(2)23(3)16-24/h9-14,16,32H,8,15,17-21H2,1-7H3,(H,37,41). The Hall–Kier alpha value is -3.67. The quantitative estimate of drug-likeness (QED) is 0.376. The zero-order valence-corrected chi connectivity index (χ0v) is 26.1. The number of nitrogens with zero attached hydrogens (tertiary/aromatic N) is 1. The Morgan fingerprint density at radius 1 is 0.881 bits per heavy atom. The maximum absolute atomic E-state index is 14.0. The number of amides is 1. The molecule has 1 aliphatic heterocycles. The van der Waals surface area contributed by atoms with Crippen molar-refractivity contribution in [3.8, 4) is 5.75 Å². The summed E-state index contributed by atoms with van der Waals surface area (Å²) in [5, 5.41) is 2.92. The SMILES string of the molecule is CCCN1C2=C(C(=O)CC(C)(C)C2)C(c2ccccc2OCC(=O)Nc2ccc(C)c(C)c2)C2=C1CC(C)(C)CC2=O. The van der Waals surface area contributed by atoms with Gasteiger partial charge in [0.15, 0.2) is 18.2 Å². The summed E-state index contributed by atoms with van der Waals surface area (Å²) in [7, 11) is 0. The Kier molecular flexibility index (Phi) is 7.95. The Balaban J connectivity index is 1.55. The fourth-order valence-electron chi connectivity index (χ4n) is 6.86. The van der Waals surface area contributed by atoms with Crippen molar-refractivity contribution in [1.29, 1.82) is 0 Å². The van der Waals surface area contributed by atoms with E-state index in [1.807, 2.05) is 56.3 Å². The summed E-state index contributed by atoms with van der Waals surface area (Å²) in [6.07, 6.45) is 3.34. The minimum absolute atomic E-state index is 0.0961. The predicted octanol–water partition coefficient (Wildman–Crippen LogP) is 7.42. The third kappa shape index (κ3) is 5.81. The predicted molar refractivity (Wildman–Crippen MR) is 166 cm³/mol. The molecular weight excluding hydrogens is 524 g/mol. The van der Waals surface area contributed by atoms with E-state index < -0.39 is 5.92 Å². The van der Waals surface area contributed by atoms with Crippen LogP contribution >= 0.6 is 0 Å². The van der Waals surface area contributed by atoms with Crippen molar-refractivity contribution in [3.63, 3.8) is 0 Å². The number of anilines is 1. The molecule has 6 nitrogen and oxygen atoms in total. The Labute approximate surface area is 250 Å². The van der Waals surface area contributed by atoms with Crippen molar-refractivity contribution in [2.75, 3.05) is 18.5 Å². The second kappa shape index (κ2) is 11.2. The Morgan fingerprint density at radius 3 is 2.05 bits per heavy atom. The highest BCUT2D eigenvalue weighted by atomic mass is 16.5. The fourth-order valence-corrected chi connectivity index (χ4v) is 6.86. The summed E-state index contributed by atoms with van der Waals surface area (Å²) in [5.74, 6) is -0.0563. The third-order valence-corrected chi connectivity index (χ3v) is 8.85. The lowest BCUT2D eigenvalue weighted by atomic mass is 9.63. The van der Waals surface area contributed by atoms with Gasteiger partial charge in [0.05, 0.1) is 0 Å². The number of nitrogens with one attached hydrogen (secondary N) is 1. The molecule has 3 aliphatic rings. The first kappa shape index (κ1) is 29.8. The van der Waals surface area contributed by atoms with E-state index in [0.717, 1.165) is 70.7 Å². The molecule has 2 aromatic carbocycles. The molecule has 2 aliphatic carbocycles. The van der Waals surface area contributed by atoms with Crippen LogP contribution in [0.3, 0.4) is 0 Å². The molecule has 0 saturated carbocycles. The third-order valence-electron chi connectivity index (χ3n) is 8.85. The van der Waals surface area contributed by atoms with Crippen LogP contribution in [0.15, 0.2) is 65.0 Å². The van der Waals surface area contributed by atoms with Gasteiger partial charge in [0.25, 0.3) is 5.91 Å². The summed E-state index contributed by atoms with van der Waals surface area (Å²) >= 11 is 0. The second-order valence-electron chi connectivity index (χ2n) is 13.9. The first-order valence-corrected chi connectivity index (χ1v) is 15.2. The smallest absolute Gasteiger partial charge is 0.262 e. The molecule has 6 heteroatoms. The van der Waals surface area contributed by atoms with Crippen LogP contribution in [0.1, 0.15) is 89.3 Å². The molecule has 0 saturated heterocycles. The molecule has 1 amide bonds. The number of carbonyl (C=O) groups excluding carboxylic acids is 3. The number of para-hydroxylation sites is 1. The van der Waals surface area contributed by atoms with E-state index in [0.29, 0.717) is 18.6 Å². The van der Waals surface area contributed by atoms with Gasteiger partial charge in [-0.2, -0.15) is 0 Å². The fraction of sp³-hybridized carbons (Fsp3) is 0.472. The number of hydrogen-bond acceptors (Lipinski definition) is 5. The van der Waals surface area contributed by atoms with E-state index in [2.05, 4.69) is 44.8 Å². The molecule has 1 N–H and O–H groups in total. The molecule has 0 bridgehead atoms. The Morgan fingerprint density at radius 2 is 1.48 bits per heavy atom. The monoisotopic (exact) mass is 568 g/mol. The van der Waals surface area contributed by atoms with Crippen LogP contribution in [0.2, 0.25) is 0 Å². The van der Waals surface area contributed by atoms with Gasteiger partial charge in [-0.15, -0.1) is 0 Å². The van der Waals surface area contributed by atoms with E-state index in [1.54, 1.807) is 0 Å². The van der Waals surface area contributed by atoms with Gasteiger partial charge in [-0.05, 0) is 73.3 Å². The van der Waals surface area contributed by atoms with Crippen LogP contribution in [0.5, 0.6) is 5.75 Å². The molecule has 2 aromatic rings. The number of carbonyl (C=O) groups is 3. The van der Waals surface area contributed by atoms with Crippen molar-refractivity contribution < 1.29 is 19.1 Å². The summed E-state index contributed by atoms with van der Waals surface area (Å²) in [6, 6.07) is 13.4. The number of ether oxygens (including phenoxy) is 1. The maximum atomic E-state index is 14.0. The zero-order chi connectivity index (χ0) is 30.4. The number of ketones is 2. The number of Topliss-reactive ketones (excluding diaryl/α,β-unsaturated/α-hetero) is 2. The zero-order valence-electron chi connectivity index (χ0n) is 26.1. The van der Waals surface area contributed by atoms with Crippen LogP contribution in [-0.4, -0.2) is 35.5 Å². The van der Waals surface area contributed by atoms with Crippen molar-refractivity contribution in [2.45, 2.75) is 86.5 Å². The van der Waals surface area contributed by atoms with Gasteiger partial charge < -0.3 is 15.0 Å². The first-order valence-electron chi connectivity index (χ1n) is 15.2. The molecule has 0 aromatic heterocycles. The van der Waals surface area contributed by atoms with Crippen LogP contribution in [-0.2, 0) is 14.4 Å². The molecule has 0 atom stereocenters. The summed E-state index contributed by atoms with van der Waals surface area (Å²) in [5.41, 5.74) is 6.98. The molecular formula is C36H44N2O4. The maximum Gasteiger partial charge on any atom is 0.262 e. The van der Waals surface area contributed by atoms with E-state index in [9.17, 15) is 14.4 Å². The minimum atomic E-state index is -0.505. The molecule has 1 heterocycles. The molecule has 0 unspecified atom stereocenters. The van der Waals surface area contributed by atoms with Gasteiger partial charge in [0.2, 0.25) is 0 Å². The molecule has 222 valence electrons. The van der Waals surface area contributed by atoms with Crippen LogP contribution in [0.25, 0.3) is 0 Å². The largest absolute Gasteiger partial charge is 0.483 e. The van der Waals surface area contributed by atoms with Crippen molar-refractivity contribution in [3.05, 3.63) is 81.7 Å². The Bertz CT molecular complexity index is 1460. The molecule has 0 fully saturated rings. The van der Waals surface area contributed by atoms with Gasteiger partial charge in [0, 0.05) is 59.1 Å². The average Bonchev–Trinajstić information content (AvgIpc) is 2.89. The van der Waals surface area contributed by atoms with Crippen LogP contribution < -0.4 is 10.1 Å². The highest BCUT2D eigenvalue weighted by molar-refractivity contribution is 6.07. The number of allylic oxidation sites excluding steroid dienone is 4. The topological polar surface area (TPSA) is 75.7 Å². The number of benzene rings is 2. The van der Waals surface area contributed by atoms with Gasteiger partial charge >= 0.3 is 0 Å². The lowest BCUT2D eigenvalue weighted by Gasteiger charge is -2.49. The first-order chi connectivity index (χ1) is 19.8. The lowest BCUT2D eigenvalue weighted by Crippen LogP contribution is -2.44. The molecule has 0 spiro atoms. The van der Waals surface area contributed by atoms with Crippen LogP contribution in [0.4, 0.5) is 5.69 Å². The van der Waals surface area contributed by atoms with Gasteiger partial charge in [-0.3, -0.25) is 14.4 Å². The van der Waals surface area contributed by atoms with E-state index in [4.69, 9.17) is 4.74 Å². The minimum Gasteiger partial charge on any atom is -0.483 e. The molecule has 0 radical (unpaired) electrons. The summed E-state index contributed by atoms with van der Waals surface area (Å²) < 4.78 is 6.17. The second-order valence-corrected chi connectivity index (χ2v) is 13.9. The van der Waals surface area contributed by atoms with Gasteiger partial charge in [-0.1, -0.05) is 58.9 Å². The number of hydrogen-bond donors (Lipinski definition) is 1. The number of aryl methyl sites for hydroxylation is 2. The van der Waals surface area contributed by atoms with E-state index in [-0.39, 0.29) is 34.9 Å². The van der Waals surface area contributed by atoms with Crippen molar-refractivity contribution >= 4 is 23.2 Å². The highest BCUT2D eigenvalue weighted by Crippen LogP contribution is 2.55. The highest BCUT2D eigenvalue weighted by Gasteiger charge is 2.49. The summed E-state index contributed by atoms with van der Waals surface area (Å²) in [6.45, 7) is 15.4. The van der Waals surface area contributed by atoms with Gasteiger partial charge in [-0.25, -0.2) is 0 Å². The normalized spacial score (nSPS) is 19.9. The van der Waals surface area contributed by atoms with Crippen molar-refractivity contribution in [1.82, 2.24) is 4.90 Å². The van der Waals surface area contributed by atoms with Gasteiger partial charge in [0.1, 0.15) is 5.75 Å². The van der Waals surface area contributed by atoms with E-state index >= 15 is 0 Å². The lowest BCUT2D eigenvalue weighted by molar-refractivity contribution is -0.120. The van der Waals surface area contributed by atoms with Crippen molar-refractivity contribution in [2.24, 2.45) is 10.8 Å². The van der Waals surface area contributed by atoms with E-state index in [1.165, 1.54) is 0 Å². The molecule has 5 rings (SSSR count). The summed E-state index contributed by atoms with van der Waals surface area (Å²) in [4.78, 5) is 43.2. The average molecular weight is 569 g/mol. The molecule has 42 heavy (non-hydrogen) atoms. The number of rotatable bonds is 7.